The van der Waals surface area contributed by atoms with E-state index in [9.17, 15) is 4.79 Å². The number of benzene rings is 1. The molecule has 0 radical (unpaired) electrons. The van der Waals surface area contributed by atoms with Crippen LogP contribution in [0.15, 0.2) is 23.7 Å². The first-order valence-corrected chi connectivity index (χ1v) is 8.06. The van der Waals surface area contributed by atoms with Crippen molar-refractivity contribution in [2.75, 3.05) is 12.4 Å². The molecule has 2 aromatic rings. The second kappa shape index (κ2) is 7.77. The zero-order valence-electron chi connectivity index (χ0n) is 13.5. The number of ether oxygens (including phenoxy) is 2. The fourth-order valence-electron chi connectivity index (χ4n) is 1.95. The lowest BCUT2D eigenvalue weighted by molar-refractivity contribution is 0.230. The number of carbonyl (C=O) groups is 1. The summed E-state index contributed by atoms with van der Waals surface area (Å²) in [5.41, 5.74) is 2.46. The van der Waals surface area contributed by atoms with E-state index < -0.39 is 0 Å². The van der Waals surface area contributed by atoms with Gasteiger partial charge in [0.15, 0.2) is 11.5 Å². The minimum atomic E-state index is -0.337. The molecule has 1 aromatic heterocycles. The van der Waals surface area contributed by atoms with Gasteiger partial charge in [0.1, 0.15) is 5.51 Å². The average molecular weight is 336 g/mol. The summed E-state index contributed by atoms with van der Waals surface area (Å²) in [5, 5.41) is 13.3. The van der Waals surface area contributed by atoms with Gasteiger partial charge >= 0.3 is 6.03 Å². The molecule has 1 heterocycles. The molecule has 2 rings (SSSR count). The molecule has 0 aliphatic rings. The Bertz CT molecular complexity index is 646. The van der Waals surface area contributed by atoms with E-state index in [2.05, 4.69) is 20.8 Å². The Balaban J connectivity index is 2.03. The molecule has 23 heavy (non-hydrogen) atoms. The molecule has 8 heteroatoms. The summed E-state index contributed by atoms with van der Waals surface area (Å²) in [6.45, 7) is 5.79. The summed E-state index contributed by atoms with van der Waals surface area (Å²) in [6.07, 6.45) is 0.0583. The molecule has 0 bridgehead atoms. The van der Waals surface area contributed by atoms with Crippen molar-refractivity contribution in [1.82, 2.24) is 15.5 Å². The van der Waals surface area contributed by atoms with Crippen molar-refractivity contribution >= 4 is 22.5 Å². The number of amides is 2. The number of urea groups is 1. The van der Waals surface area contributed by atoms with Crippen LogP contribution in [-0.2, 0) is 0 Å². The number of rotatable bonds is 6. The molecule has 2 amide bonds. The van der Waals surface area contributed by atoms with E-state index in [1.807, 2.05) is 39.0 Å². The molecule has 124 valence electrons. The normalized spacial score (nSPS) is 11.9. The van der Waals surface area contributed by atoms with Crippen LogP contribution in [0.5, 0.6) is 11.5 Å². The first-order valence-electron chi connectivity index (χ1n) is 7.18. The first-order chi connectivity index (χ1) is 11.0. The first kappa shape index (κ1) is 17.0. The predicted molar refractivity (Wildman–Crippen MR) is 89.2 cm³/mol. The Morgan fingerprint density at radius 3 is 2.65 bits per heavy atom. The fourth-order valence-corrected chi connectivity index (χ4v) is 2.39. The fraction of sp³-hybridized carbons (Fsp3) is 0.400. The van der Waals surface area contributed by atoms with Gasteiger partial charge in [-0.05, 0) is 38.5 Å². The number of hydrogen-bond donors (Lipinski definition) is 2. The van der Waals surface area contributed by atoms with E-state index in [1.54, 1.807) is 12.6 Å². The topological polar surface area (TPSA) is 85.4 Å². The summed E-state index contributed by atoms with van der Waals surface area (Å²) >= 11 is 1.26. The zero-order chi connectivity index (χ0) is 16.8. The van der Waals surface area contributed by atoms with Crippen molar-refractivity contribution in [1.29, 1.82) is 0 Å². The molecule has 7 nitrogen and oxygen atoms in total. The number of carbonyl (C=O) groups excluding carboxylic acids is 1. The highest BCUT2D eigenvalue weighted by Crippen LogP contribution is 2.31. The van der Waals surface area contributed by atoms with Crippen LogP contribution in [0.25, 0.3) is 0 Å². The molecule has 0 fully saturated rings. The number of anilines is 1. The van der Waals surface area contributed by atoms with Gasteiger partial charge in [-0.1, -0.05) is 17.4 Å². The number of nitrogens with zero attached hydrogens (tertiary/aromatic N) is 2. The van der Waals surface area contributed by atoms with Crippen LogP contribution < -0.4 is 20.1 Å². The summed E-state index contributed by atoms with van der Waals surface area (Å²) in [5.74, 6) is 1.31. The smallest absolute Gasteiger partial charge is 0.321 e. The van der Waals surface area contributed by atoms with Crippen LogP contribution in [-0.4, -0.2) is 29.4 Å². The Hall–Kier alpha value is -2.35. The molecule has 2 N–H and O–H groups in total. The van der Waals surface area contributed by atoms with Crippen molar-refractivity contribution in [3.05, 3.63) is 29.3 Å². The third-order valence-corrected chi connectivity index (χ3v) is 3.59. The molecule has 0 spiro atoms. The average Bonchev–Trinajstić information content (AvgIpc) is 2.99. The highest BCUT2D eigenvalue weighted by molar-refractivity contribution is 7.13. The molecule has 1 unspecified atom stereocenters. The van der Waals surface area contributed by atoms with Gasteiger partial charge < -0.3 is 14.8 Å². The van der Waals surface area contributed by atoms with Crippen LogP contribution in [0, 0.1) is 0 Å². The van der Waals surface area contributed by atoms with E-state index in [0.717, 1.165) is 5.56 Å². The Morgan fingerprint density at radius 1 is 1.26 bits per heavy atom. The van der Waals surface area contributed by atoms with E-state index >= 15 is 0 Å². The summed E-state index contributed by atoms with van der Waals surface area (Å²) < 4.78 is 11.0. The second-order valence-electron chi connectivity index (χ2n) is 5.14. The third kappa shape index (κ3) is 4.82. The van der Waals surface area contributed by atoms with E-state index in [0.29, 0.717) is 16.6 Å². The van der Waals surface area contributed by atoms with E-state index in [-0.39, 0.29) is 18.2 Å². The molecule has 0 aliphatic carbocycles. The monoisotopic (exact) mass is 336 g/mol. The number of nitrogens with one attached hydrogen (secondary N) is 2. The lowest BCUT2D eigenvalue weighted by Gasteiger charge is -2.18. The van der Waals surface area contributed by atoms with Crippen molar-refractivity contribution in [3.8, 4) is 11.5 Å². The third-order valence-electron chi connectivity index (χ3n) is 2.98. The van der Waals surface area contributed by atoms with Crippen molar-refractivity contribution in [2.24, 2.45) is 0 Å². The maximum Gasteiger partial charge on any atom is 0.321 e. The highest BCUT2D eigenvalue weighted by atomic mass is 32.1. The van der Waals surface area contributed by atoms with Gasteiger partial charge in [0, 0.05) is 0 Å². The molecular formula is C15H20N4O3S. The SMILES string of the molecule is COc1cc(C(C)NC(=O)Nc2nncs2)ccc1OC(C)C. The van der Waals surface area contributed by atoms with Crippen LogP contribution >= 0.6 is 11.3 Å². The van der Waals surface area contributed by atoms with Gasteiger partial charge in [-0.2, -0.15) is 0 Å². The molecule has 0 aliphatic heterocycles. The number of methoxy groups -OCH3 is 1. The maximum atomic E-state index is 11.9. The quantitative estimate of drug-likeness (QED) is 0.846. The highest BCUT2D eigenvalue weighted by Gasteiger charge is 2.14. The molecule has 1 atom stereocenters. The minimum absolute atomic E-state index is 0.0583. The van der Waals surface area contributed by atoms with Crippen molar-refractivity contribution < 1.29 is 14.3 Å². The second-order valence-corrected chi connectivity index (χ2v) is 5.97. The minimum Gasteiger partial charge on any atom is -0.493 e. The van der Waals surface area contributed by atoms with E-state index in [4.69, 9.17) is 9.47 Å². The summed E-state index contributed by atoms with van der Waals surface area (Å²) in [6, 6.07) is 5.05. The van der Waals surface area contributed by atoms with Crippen LogP contribution in [0.4, 0.5) is 9.93 Å². The number of aromatic nitrogens is 2. The van der Waals surface area contributed by atoms with Gasteiger partial charge in [-0.3, -0.25) is 5.32 Å². The Labute approximate surface area is 139 Å². The summed E-state index contributed by atoms with van der Waals surface area (Å²) in [4.78, 5) is 11.9. The maximum absolute atomic E-state index is 11.9. The Morgan fingerprint density at radius 2 is 2.04 bits per heavy atom. The van der Waals surface area contributed by atoms with Gasteiger partial charge in [0.05, 0.1) is 19.3 Å². The van der Waals surface area contributed by atoms with E-state index in [1.165, 1.54) is 11.3 Å². The van der Waals surface area contributed by atoms with Crippen molar-refractivity contribution in [3.63, 3.8) is 0 Å². The van der Waals surface area contributed by atoms with Crippen LogP contribution in [0.1, 0.15) is 32.4 Å². The Kier molecular flexibility index (Phi) is 5.75. The largest absolute Gasteiger partial charge is 0.493 e. The van der Waals surface area contributed by atoms with Gasteiger partial charge in [0.25, 0.3) is 0 Å². The van der Waals surface area contributed by atoms with Gasteiger partial charge in [0.2, 0.25) is 5.13 Å². The summed E-state index contributed by atoms with van der Waals surface area (Å²) in [7, 11) is 1.59. The zero-order valence-corrected chi connectivity index (χ0v) is 14.3. The van der Waals surface area contributed by atoms with Gasteiger partial charge in [-0.25, -0.2) is 4.79 Å². The van der Waals surface area contributed by atoms with Crippen molar-refractivity contribution in [2.45, 2.75) is 32.9 Å². The molecular weight excluding hydrogens is 316 g/mol. The lowest BCUT2D eigenvalue weighted by atomic mass is 10.1. The lowest BCUT2D eigenvalue weighted by Crippen LogP contribution is -2.31. The molecule has 0 saturated heterocycles. The molecule has 1 aromatic carbocycles. The van der Waals surface area contributed by atoms with Crippen LogP contribution in [0.2, 0.25) is 0 Å². The number of hydrogen-bond acceptors (Lipinski definition) is 6. The van der Waals surface area contributed by atoms with Crippen LogP contribution in [0.3, 0.4) is 0 Å². The van der Waals surface area contributed by atoms with Gasteiger partial charge in [-0.15, -0.1) is 10.2 Å². The molecule has 0 saturated carbocycles. The predicted octanol–water partition coefficient (Wildman–Crippen LogP) is 3.22. The standard InChI is InChI=1S/C15H20N4O3S/c1-9(2)22-12-6-5-11(7-13(12)21-4)10(3)17-14(20)18-15-19-16-8-23-15/h5-10H,1-4H3,(H2,17,18,19,20).